The van der Waals surface area contributed by atoms with Crippen molar-refractivity contribution < 1.29 is 22.5 Å². The first-order valence-corrected chi connectivity index (χ1v) is 20.1. The van der Waals surface area contributed by atoms with E-state index in [2.05, 4.69) is 20.1 Å². The molecule has 4 fully saturated rings. The molecule has 14 heteroatoms. The predicted octanol–water partition coefficient (Wildman–Crippen LogP) is 7.82. The van der Waals surface area contributed by atoms with Crippen LogP contribution in [0.2, 0.25) is 10.0 Å². The molecule has 4 aromatic rings. The van der Waals surface area contributed by atoms with Crippen LogP contribution in [0, 0.1) is 0 Å². The quantitative estimate of drug-likeness (QED) is 0.158. The van der Waals surface area contributed by atoms with Crippen molar-refractivity contribution in [2.75, 3.05) is 4.90 Å². The second-order valence-electron chi connectivity index (χ2n) is 14.5. The second-order valence-corrected chi connectivity index (χ2v) is 18.5. The summed E-state index contributed by atoms with van der Waals surface area (Å²) in [7, 11) is -3.78. The van der Waals surface area contributed by atoms with Crippen LogP contribution >= 0.6 is 34.5 Å². The lowest BCUT2D eigenvalue weighted by Gasteiger charge is -2.39. The molecule has 4 aliphatic rings. The van der Waals surface area contributed by atoms with E-state index >= 15 is 0 Å². The first-order valence-electron chi connectivity index (χ1n) is 17.0. The minimum atomic E-state index is -3.78. The summed E-state index contributed by atoms with van der Waals surface area (Å²) >= 11 is 14.7. The number of piperidine rings is 1. The van der Waals surface area contributed by atoms with Crippen molar-refractivity contribution in [3.05, 3.63) is 57.3 Å². The van der Waals surface area contributed by atoms with Gasteiger partial charge < -0.3 is 19.5 Å². The minimum absolute atomic E-state index is 0.154. The van der Waals surface area contributed by atoms with Gasteiger partial charge in [-0.15, -0.1) is 0 Å². The molecule has 2 aliphatic heterocycles. The van der Waals surface area contributed by atoms with Crippen molar-refractivity contribution in [1.29, 1.82) is 0 Å². The number of ether oxygens (including phenoxy) is 1. The number of nitrogens with zero attached hydrogens (tertiary/aromatic N) is 3. The topological polar surface area (TPSA) is 127 Å². The molecule has 2 saturated carbocycles. The van der Waals surface area contributed by atoms with Gasteiger partial charge in [0.05, 0.1) is 25.6 Å². The highest BCUT2D eigenvalue weighted by Gasteiger charge is 2.51. The van der Waals surface area contributed by atoms with Crippen LogP contribution in [0.3, 0.4) is 0 Å². The van der Waals surface area contributed by atoms with E-state index in [1.807, 2.05) is 32.0 Å². The molecular weight excluding hydrogens is 705 g/mol. The number of sulfonamides is 1. The number of nitrogens with one attached hydrogen (secondary N) is 2. The Morgan fingerprint density at radius 1 is 1.12 bits per heavy atom. The van der Waals surface area contributed by atoms with E-state index in [-0.39, 0.29) is 11.7 Å². The van der Waals surface area contributed by atoms with Crippen LogP contribution in [0.5, 0.6) is 5.75 Å². The molecule has 49 heavy (non-hydrogen) atoms. The normalized spacial score (nSPS) is 23.0. The van der Waals surface area contributed by atoms with Crippen molar-refractivity contribution in [3.63, 3.8) is 0 Å². The van der Waals surface area contributed by atoms with Crippen LogP contribution < -0.4 is 19.7 Å². The zero-order chi connectivity index (χ0) is 34.2. The standard InChI is InChI=1S/C35H39Cl2N5O5S2/c1-18(2)46-27-13-20(33(43)41-49(44,45)35(3)11-12-35)14-28-31(27)39-34(48-28)42-22-9-10-23(42)16-21(15-22)38-17-24-30(40-47-32(24)19-7-8-19)29-25(36)5-4-6-26(29)37/h4-6,13-14,18-19,21-23,38H,7-12,15-17H2,1-3H3,(H,41,43). The Kier molecular flexibility index (Phi) is 8.42. The van der Waals surface area contributed by atoms with Gasteiger partial charge in [-0.05, 0) is 96.4 Å². The average molecular weight is 745 g/mol. The average Bonchev–Trinajstić information content (AvgIpc) is 3.92. The van der Waals surface area contributed by atoms with E-state index in [1.165, 1.54) is 11.3 Å². The van der Waals surface area contributed by atoms with Crippen LogP contribution in [0.15, 0.2) is 34.9 Å². The Bertz CT molecular complexity index is 2020. The smallest absolute Gasteiger partial charge is 0.264 e. The minimum Gasteiger partial charge on any atom is -0.489 e. The van der Waals surface area contributed by atoms with Gasteiger partial charge in [-0.3, -0.25) is 4.79 Å². The van der Waals surface area contributed by atoms with Crippen LogP contribution in [-0.2, 0) is 16.6 Å². The van der Waals surface area contributed by atoms with E-state index in [0.29, 0.717) is 76.0 Å². The molecule has 2 aliphatic carbocycles. The number of thiazole rings is 1. The lowest BCUT2D eigenvalue weighted by Crippen LogP contribution is -2.49. The maximum Gasteiger partial charge on any atom is 0.264 e. The fraction of sp³-hybridized carbons (Fsp3) is 0.514. The highest BCUT2D eigenvalue weighted by molar-refractivity contribution is 7.91. The van der Waals surface area contributed by atoms with Gasteiger partial charge in [-0.1, -0.05) is 45.8 Å². The van der Waals surface area contributed by atoms with E-state index in [0.717, 1.165) is 59.7 Å². The number of rotatable bonds is 11. The van der Waals surface area contributed by atoms with Gasteiger partial charge in [-0.25, -0.2) is 18.1 Å². The Balaban J connectivity index is 1.02. The molecular formula is C35H39Cl2N5O5S2. The third-order valence-electron chi connectivity index (χ3n) is 10.4. The van der Waals surface area contributed by atoms with Crippen molar-refractivity contribution in [2.45, 2.75) is 114 Å². The molecule has 2 bridgehead atoms. The van der Waals surface area contributed by atoms with Crippen molar-refractivity contribution in [2.24, 2.45) is 0 Å². The molecule has 260 valence electrons. The number of carbonyl (C=O) groups excluding carboxylic acids is 1. The third-order valence-corrected chi connectivity index (χ3v) is 14.2. The van der Waals surface area contributed by atoms with E-state index in [4.69, 9.17) is 37.4 Å². The number of carbonyl (C=O) groups is 1. The van der Waals surface area contributed by atoms with Gasteiger partial charge in [0, 0.05) is 47.3 Å². The molecule has 2 saturated heterocycles. The highest BCUT2D eigenvalue weighted by Crippen LogP contribution is 2.47. The largest absolute Gasteiger partial charge is 0.489 e. The molecule has 2 aromatic heterocycles. The summed E-state index contributed by atoms with van der Waals surface area (Å²) in [6.07, 6.45) is 7.18. The number of amides is 1. The van der Waals surface area contributed by atoms with E-state index in [1.54, 1.807) is 19.1 Å². The number of hydrogen-bond donors (Lipinski definition) is 2. The van der Waals surface area contributed by atoms with Gasteiger partial charge in [0.2, 0.25) is 10.0 Å². The summed E-state index contributed by atoms with van der Waals surface area (Å²) in [6, 6.07) is 9.75. The number of fused-ring (bicyclic) bond motifs is 3. The first kappa shape index (κ1) is 33.3. The lowest BCUT2D eigenvalue weighted by molar-refractivity contribution is 0.0980. The number of anilines is 1. The summed E-state index contributed by atoms with van der Waals surface area (Å²) in [6.45, 7) is 6.12. The molecule has 2 aromatic carbocycles. The maximum absolute atomic E-state index is 13.2. The molecule has 4 heterocycles. The predicted molar refractivity (Wildman–Crippen MR) is 192 cm³/mol. The van der Waals surface area contributed by atoms with Crippen LogP contribution in [0.4, 0.5) is 5.13 Å². The molecule has 2 atom stereocenters. The number of halogens is 2. The number of benzene rings is 2. The van der Waals surface area contributed by atoms with Gasteiger partial charge in [0.25, 0.3) is 5.91 Å². The molecule has 2 N–H and O–H groups in total. The molecule has 8 rings (SSSR count). The van der Waals surface area contributed by atoms with Crippen LogP contribution in [-0.4, -0.2) is 53.4 Å². The van der Waals surface area contributed by atoms with E-state index < -0.39 is 20.7 Å². The van der Waals surface area contributed by atoms with Gasteiger partial charge in [0.1, 0.15) is 22.7 Å². The monoisotopic (exact) mass is 743 g/mol. The second kappa shape index (κ2) is 12.4. The maximum atomic E-state index is 13.2. The van der Waals surface area contributed by atoms with Crippen LogP contribution in [0.1, 0.15) is 99.7 Å². The summed E-state index contributed by atoms with van der Waals surface area (Å²) in [5.74, 6) is 1.15. The summed E-state index contributed by atoms with van der Waals surface area (Å²) in [4.78, 5) is 20.7. The van der Waals surface area contributed by atoms with Crippen LogP contribution in [0.25, 0.3) is 21.5 Å². The molecule has 2 unspecified atom stereocenters. The van der Waals surface area contributed by atoms with Gasteiger partial charge >= 0.3 is 0 Å². The van der Waals surface area contributed by atoms with Gasteiger partial charge in [-0.2, -0.15) is 0 Å². The SMILES string of the molecule is CC(C)Oc1cc(C(=O)NS(=O)(=O)C2(C)CC2)cc2sc(N3C4CCC3CC(NCc3c(-c5c(Cl)cccc5Cl)noc3C3CC3)C4)nc12. The first-order chi connectivity index (χ1) is 23.4. The molecule has 10 nitrogen and oxygen atoms in total. The van der Waals surface area contributed by atoms with Crippen molar-refractivity contribution >= 4 is 65.8 Å². The third kappa shape index (κ3) is 6.22. The lowest BCUT2D eigenvalue weighted by atomic mass is 9.97. The highest BCUT2D eigenvalue weighted by atomic mass is 35.5. The number of aromatic nitrogens is 2. The molecule has 1 amide bonds. The Morgan fingerprint density at radius 2 is 1.82 bits per heavy atom. The number of hydrogen-bond acceptors (Lipinski definition) is 10. The molecule has 0 radical (unpaired) electrons. The van der Waals surface area contributed by atoms with Gasteiger partial charge in [0.15, 0.2) is 5.13 Å². The Labute approximate surface area is 299 Å². The van der Waals surface area contributed by atoms with Crippen molar-refractivity contribution in [3.8, 4) is 17.0 Å². The fourth-order valence-corrected chi connectivity index (χ4v) is 10.3. The van der Waals surface area contributed by atoms with Crippen molar-refractivity contribution in [1.82, 2.24) is 20.2 Å². The van der Waals surface area contributed by atoms with E-state index in [9.17, 15) is 13.2 Å². The summed E-state index contributed by atoms with van der Waals surface area (Å²) < 4.78 is 39.8. The zero-order valence-electron chi connectivity index (χ0n) is 27.6. The zero-order valence-corrected chi connectivity index (χ0v) is 30.7. The molecule has 0 spiro atoms. The Hall–Kier alpha value is -2.90. The fourth-order valence-electron chi connectivity index (χ4n) is 7.30. The summed E-state index contributed by atoms with van der Waals surface area (Å²) in [5, 5.41) is 10.3. The Morgan fingerprint density at radius 3 is 2.45 bits per heavy atom. The summed E-state index contributed by atoms with van der Waals surface area (Å²) in [5.41, 5.74) is 3.40.